The summed E-state index contributed by atoms with van der Waals surface area (Å²) >= 11 is 0. The van der Waals surface area contributed by atoms with Crippen LogP contribution < -0.4 is 0 Å². The molecule has 0 unspecified atom stereocenters. The Kier molecular flexibility index (Phi) is 6.18. The fourth-order valence-corrected chi connectivity index (χ4v) is 3.35. The Hall–Kier alpha value is -1.93. The monoisotopic (exact) mass is 367 g/mol. The van der Waals surface area contributed by atoms with Gasteiger partial charge in [-0.05, 0) is 32.3 Å². The number of carbonyl (C=O) groups is 2. The van der Waals surface area contributed by atoms with Crippen LogP contribution in [-0.4, -0.2) is 88.0 Å². The number of carbonyl (C=O) groups excluding carboxylic acids is 2. The zero-order valence-electron chi connectivity index (χ0n) is 14.9. The Labute approximate surface area is 149 Å². The molecule has 0 radical (unpaired) electrons. The van der Waals surface area contributed by atoms with Crippen LogP contribution in [0.2, 0.25) is 0 Å². The van der Waals surface area contributed by atoms with Crippen LogP contribution in [-0.2, 0) is 14.6 Å². The lowest BCUT2D eigenvalue weighted by Crippen LogP contribution is -2.50. The van der Waals surface area contributed by atoms with E-state index >= 15 is 0 Å². The fourth-order valence-electron chi connectivity index (χ4n) is 2.68. The van der Waals surface area contributed by atoms with Crippen molar-refractivity contribution in [3.63, 3.8) is 0 Å². The van der Waals surface area contributed by atoms with E-state index in [1.54, 1.807) is 21.9 Å². The molecule has 1 heterocycles. The highest BCUT2D eigenvalue weighted by atomic mass is 32.2. The van der Waals surface area contributed by atoms with Crippen molar-refractivity contribution in [2.24, 2.45) is 0 Å². The summed E-state index contributed by atoms with van der Waals surface area (Å²) in [5.74, 6) is -0.106. The van der Waals surface area contributed by atoms with E-state index < -0.39 is 9.84 Å². The van der Waals surface area contributed by atoms with E-state index in [2.05, 4.69) is 0 Å². The highest BCUT2D eigenvalue weighted by molar-refractivity contribution is 7.90. The summed E-state index contributed by atoms with van der Waals surface area (Å²) in [5.41, 5.74) is 0.357. The molecular weight excluding hydrogens is 342 g/mol. The van der Waals surface area contributed by atoms with E-state index in [0.29, 0.717) is 44.7 Å². The summed E-state index contributed by atoms with van der Waals surface area (Å²) in [6.07, 6.45) is 1.59. The molecule has 1 aliphatic rings. The number of sulfone groups is 1. The number of nitrogens with zero attached hydrogens (tertiary/aromatic N) is 3. The number of rotatable bonds is 5. The van der Waals surface area contributed by atoms with Gasteiger partial charge in [0.1, 0.15) is 0 Å². The second-order valence-corrected chi connectivity index (χ2v) is 8.54. The minimum Gasteiger partial charge on any atom is -0.339 e. The van der Waals surface area contributed by atoms with Crippen LogP contribution in [0.1, 0.15) is 16.8 Å². The van der Waals surface area contributed by atoms with Crippen LogP contribution in [0.15, 0.2) is 29.2 Å². The van der Waals surface area contributed by atoms with E-state index in [0.717, 1.165) is 6.26 Å². The maximum atomic E-state index is 12.6. The van der Waals surface area contributed by atoms with E-state index in [9.17, 15) is 18.0 Å². The quantitative estimate of drug-likeness (QED) is 0.749. The summed E-state index contributed by atoms with van der Waals surface area (Å²) in [5, 5.41) is 0. The SMILES string of the molecule is CN(C)CCC(=O)N1CCN(C(=O)c2cccc(S(C)(=O)=O)c2)CC1. The van der Waals surface area contributed by atoms with Gasteiger partial charge in [0, 0.05) is 51.0 Å². The molecule has 8 heteroatoms. The molecule has 0 spiro atoms. The first-order valence-corrected chi connectivity index (χ1v) is 10.1. The average Bonchev–Trinajstić information content (AvgIpc) is 2.58. The van der Waals surface area contributed by atoms with Crippen molar-refractivity contribution in [1.29, 1.82) is 0 Å². The average molecular weight is 367 g/mol. The largest absolute Gasteiger partial charge is 0.339 e. The minimum absolute atomic E-state index is 0.0971. The van der Waals surface area contributed by atoms with Crippen molar-refractivity contribution in [2.75, 3.05) is 53.1 Å². The molecule has 0 aromatic heterocycles. The smallest absolute Gasteiger partial charge is 0.254 e. The molecule has 7 nitrogen and oxygen atoms in total. The molecule has 1 aromatic carbocycles. The Morgan fingerprint density at radius 1 is 1.08 bits per heavy atom. The lowest BCUT2D eigenvalue weighted by atomic mass is 10.1. The van der Waals surface area contributed by atoms with Gasteiger partial charge in [-0.25, -0.2) is 8.42 Å². The molecule has 2 rings (SSSR count). The van der Waals surface area contributed by atoms with E-state index in [1.165, 1.54) is 12.1 Å². The normalized spacial score (nSPS) is 15.5. The second-order valence-electron chi connectivity index (χ2n) is 6.53. The van der Waals surface area contributed by atoms with Gasteiger partial charge in [-0.2, -0.15) is 0 Å². The van der Waals surface area contributed by atoms with Crippen molar-refractivity contribution in [3.05, 3.63) is 29.8 Å². The van der Waals surface area contributed by atoms with Crippen LogP contribution in [0.5, 0.6) is 0 Å². The number of hydrogen-bond donors (Lipinski definition) is 0. The van der Waals surface area contributed by atoms with Gasteiger partial charge in [-0.3, -0.25) is 9.59 Å². The summed E-state index contributed by atoms with van der Waals surface area (Å²) in [4.78, 5) is 30.3. The summed E-state index contributed by atoms with van der Waals surface area (Å²) < 4.78 is 23.3. The highest BCUT2D eigenvalue weighted by Gasteiger charge is 2.25. The summed E-state index contributed by atoms with van der Waals surface area (Å²) in [6.45, 7) is 2.62. The van der Waals surface area contributed by atoms with Crippen molar-refractivity contribution in [3.8, 4) is 0 Å². The van der Waals surface area contributed by atoms with Gasteiger partial charge in [0.15, 0.2) is 9.84 Å². The molecule has 1 fully saturated rings. The van der Waals surface area contributed by atoms with Crippen molar-refractivity contribution < 1.29 is 18.0 Å². The van der Waals surface area contributed by atoms with E-state index in [-0.39, 0.29) is 16.7 Å². The minimum atomic E-state index is -3.35. The first-order valence-electron chi connectivity index (χ1n) is 8.20. The molecule has 0 saturated carbocycles. The van der Waals surface area contributed by atoms with Gasteiger partial charge in [-0.1, -0.05) is 6.07 Å². The third-order valence-electron chi connectivity index (χ3n) is 4.20. The topological polar surface area (TPSA) is 78.0 Å². The highest BCUT2D eigenvalue weighted by Crippen LogP contribution is 2.15. The molecule has 25 heavy (non-hydrogen) atoms. The van der Waals surface area contributed by atoms with E-state index in [4.69, 9.17) is 0 Å². The van der Waals surface area contributed by atoms with Gasteiger partial charge >= 0.3 is 0 Å². The van der Waals surface area contributed by atoms with Gasteiger partial charge in [0.2, 0.25) is 5.91 Å². The summed E-state index contributed by atoms with van der Waals surface area (Å²) in [7, 11) is 0.500. The van der Waals surface area contributed by atoms with Crippen LogP contribution in [0, 0.1) is 0 Å². The Morgan fingerprint density at radius 3 is 2.24 bits per heavy atom. The lowest BCUT2D eigenvalue weighted by Gasteiger charge is -2.35. The van der Waals surface area contributed by atoms with Gasteiger partial charge in [-0.15, -0.1) is 0 Å². The molecule has 0 atom stereocenters. The first kappa shape index (κ1) is 19.4. The molecule has 2 amide bonds. The number of benzene rings is 1. The molecule has 0 N–H and O–H groups in total. The first-order chi connectivity index (χ1) is 11.7. The Morgan fingerprint density at radius 2 is 1.68 bits per heavy atom. The summed E-state index contributed by atoms with van der Waals surface area (Å²) in [6, 6.07) is 6.08. The molecule has 1 aliphatic heterocycles. The third-order valence-corrected chi connectivity index (χ3v) is 5.31. The lowest BCUT2D eigenvalue weighted by molar-refractivity contribution is -0.132. The predicted octanol–water partition coefficient (Wildman–Crippen LogP) is 0.326. The predicted molar refractivity (Wildman–Crippen MR) is 95.2 cm³/mol. The van der Waals surface area contributed by atoms with Crippen molar-refractivity contribution in [2.45, 2.75) is 11.3 Å². The van der Waals surface area contributed by atoms with Crippen molar-refractivity contribution in [1.82, 2.24) is 14.7 Å². The second kappa shape index (κ2) is 7.97. The fraction of sp³-hybridized carbons (Fsp3) is 0.529. The zero-order chi connectivity index (χ0) is 18.6. The van der Waals surface area contributed by atoms with Crippen molar-refractivity contribution >= 4 is 21.7 Å². The molecular formula is C17H25N3O4S. The standard InChI is InChI=1S/C17H25N3O4S/c1-18(2)8-7-16(21)19-9-11-20(12-10-19)17(22)14-5-4-6-15(13-14)25(3,23)24/h4-6,13H,7-12H2,1-3H3. The van der Waals surface area contributed by atoms with Gasteiger partial charge in [0.25, 0.3) is 5.91 Å². The van der Waals surface area contributed by atoms with Crippen LogP contribution in [0.4, 0.5) is 0 Å². The maximum Gasteiger partial charge on any atom is 0.254 e. The number of amides is 2. The Bertz CT molecular complexity index is 738. The van der Waals surface area contributed by atoms with Crippen LogP contribution >= 0.6 is 0 Å². The zero-order valence-corrected chi connectivity index (χ0v) is 15.8. The van der Waals surface area contributed by atoms with Crippen LogP contribution in [0.3, 0.4) is 0 Å². The number of piperazine rings is 1. The Balaban J connectivity index is 1.97. The molecule has 1 aromatic rings. The van der Waals surface area contributed by atoms with Crippen LogP contribution in [0.25, 0.3) is 0 Å². The van der Waals surface area contributed by atoms with E-state index in [1.807, 2.05) is 19.0 Å². The maximum absolute atomic E-state index is 12.6. The molecule has 0 bridgehead atoms. The molecule has 138 valence electrons. The van der Waals surface area contributed by atoms with Gasteiger partial charge in [0.05, 0.1) is 4.90 Å². The molecule has 0 aliphatic carbocycles. The molecule has 1 saturated heterocycles. The van der Waals surface area contributed by atoms with Gasteiger partial charge < -0.3 is 14.7 Å². The third kappa shape index (κ3) is 5.27. The number of hydrogen-bond acceptors (Lipinski definition) is 5.